The molecule has 0 bridgehead atoms. The molecule has 88 valence electrons. The Kier molecular flexibility index (Phi) is 4.68. The largest absolute Gasteiger partial charge is 0.326 e. The second kappa shape index (κ2) is 6.05. The first-order valence-electron chi connectivity index (χ1n) is 5.11. The molecule has 0 atom stereocenters. The van der Waals surface area contributed by atoms with Gasteiger partial charge in [0.15, 0.2) is 0 Å². The van der Waals surface area contributed by atoms with Crippen LogP contribution in [-0.2, 0) is 6.54 Å². The molecule has 0 spiro atoms. The Bertz CT molecular complexity index is 529. The van der Waals surface area contributed by atoms with Crippen LogP contribution in [0.2, 0.25) is 0 Å². The minimum atomic E-state index is 0.558. The van der Waals surface area contributed by atoms with E-state index in [1.54, 1.807) is 11.8 Å². The maximum atomic E-state index is 5.63. The van der Waals surface area contributed by atoms with Crippen LogP contribution >= 0.6 is 43.6 Å². The summed E-state index contributed by atoms with van der Waals surface area (Å²) in [5.41, 5.74) is 6.76. The van der Waals surface area contributed by atoms with Crippen LogP contribution < -0.4 is 5.73 Å². The lowest BCUT2D eigenvalue weighted by Gasteiger charge is -2.06. The number of nitrogens with two attached hydrogens (primary N) is 1. The monoisotopic (exact) mass is 371 g/mol. The molecule has 1 nitrogen and oxygen atoms in total. The van der Waals surface area contributed by atoms with E-state index in [1.807, 2.05) is 12.1 Å². The lowest BCUT2D eigenvalue weighted by molar-refractivity contribution is 1.05. The molecule has 0 amide bonds. The van der Waals surface area contributed by atoms with Crippen LogP contribution in [0.1, 0.15) is 5.56 Å². The van der Waals surface area contributed by atoms with Gasteiger partial charge in [0, 0.05) is 25.3 Å². The predicted octanol–water partition coefficient (Wildman–Crippen LogP) is 4.82. The predicted molar refractivity (Wildman–Crippen MR) is 80.3 cm³/mol. The van der Waals surface area contributed by atoms with E-state index in [1.165, 1.54) is 9.79 Å². The van der Waals surface area contributed by atoms with Crippen molar-refractivity contribution in [2.75, 3.05) is 0 Å². The summed E-state index contributed by atoms with van der Waals surface area (Å²) in [6.07, 6.45) is 0. The first kappa shape index (κ1) is 13.1. The van der Waals surface area contributed by atoms with Crippen LogP contribution in [0.25, 0.3) is 0 Å². The minimum absolute atomic E-state index is 0.558. The SMILES string of the molecule is NCc1ccc(Sc2cccc(Br)c2)cc1Br. The minimum Gasteiger partial charge on any atom is -0.326 e. The molecule has 2 aromatic rings. The quantitative estimate of drug-likeness (QED) is 0.835. The molecular weight excluding hydrogens is 362 g/mol. The molecular formula is C13H11Br2NS. The van der Waals surface area contributed by atoms with Crippen molar-refractivity contribution in [1.82, 2.24) is 0 Å². The number of rotatable bonds is 3. The van der Waals surface area contributed by atoms with Crippen LogP contribution in [-0.4, -0.2) is 0 Å². The van der Waals surface area contributed by atoms with Gasteiger partial charge in [-0.25, -0.2) is 0 Å². The molecule has 2 N–H and O–H groups in total. The van der Waals surface area contributed by atoms with Crippen LogP contribution in [0.15, 0.2) is 61.2 Å². The lowest BCUT2D eigenvalue weighted by atomic mass is 10.2. The van der Waals surface area contributed by atoms with Gasteiger partial charge in [-0.3, -0.25) is 0 Å². The van der Waals surface area contributed by atoms with Gasteiger partial charge in [0.2, 0.25) is 0 Å². The van der Waals surface area contributed by atoms with Gasteiger partial charge in [0.05, 0.1) is 0 Å². The van der Waals surface area contributed by atoms with Crippen molar-refractivity contribution in [3.05, 3.63) is 57.0 Å². The van der Waals surface area contributed by atoms with E-state index in [2.05, 4.69) is 62.2 Å². The molecule has 0 radical (unpaired) electrons. The molecule has 17 heavy (non-hydrogen) atoms. The highest BCUT2D eigenvalue weighted by Crippen LogP contribution is 2.32. The zero-order valence-corrected chi connectivity index (χ0v) is 13.0. The van der Waals surface area contributed by atoms with Crippen molar-refractivity contribution in [3.8, 4) is 0 Å². The van der Waals surface area contributed by atoms with Crippen LogP contribution in [0.4, 0.5) is 0 Å². The molecule has 2 aromatic carbocycles. The van der Waals surface area contributed by atoms with Crippen molar-refractivity contribution >= 4 is 43.6 Å². The van der Waals surface area contributed by atoms with Gasteiger partial charge in [-0.15, -0.1) is 0 Å². The van der Waals surface area contributed by atoms with E-state index in [9.17, 15) is 0 Å². The average Bonchev–Trinajstić information content (AvgIpc) is 2.29. The van der Waals surface area contributed by atoms with Crippen molar-refractivity contribution in [1.29, 1.82) is 0 Å². The molecule has 0 fully saturated rings. The van der Waals surface area contributed by atoms with Crippen molar-refractivity contribution in [2.24, 2.45) is 5.73 Å². The molecule has 2 rings (SSSR count). The van der Waals surface area contributed by atoms with Gasteiger partial charge in [-0.1, -0.05) is 55.8 Å². The Labute approximate surface area is 122 Å². The van der Waals surface area contributed by atoms with Crippen LogP contribution in [0.5, 0.6) is 0 Å². The number of hydrogen-bond donors (Lipinski definition) is 1. The summed E-state index contributed by atoms with van der Waals surface area (Å²) >= 11 is 8.74. The number of halogens is 2. The summed E-state index contributed by atoms with van der Waals surface area (Å²) in [5, 5.41) is 0. The number of hydrogen-bond acceptors (Lipinski definition) is 2. The van der Waals surface area contributed by atoms with Gasteiger partial charge in [0.1, 0.15) is 0 Å². The summed E-state index contributed by atoms with van der Waals surface area (Å²) in [7, 11) is 0. The Morgan fingerprint density at radius 2 is 1.76 bits per heavy atom. The van der Waals surface area contributed by atoms with Gasteiger partial charge in [0.25, 0.3) is 0 Å². The van der Waals surface area contributed by atoms with Gasteiger partial charge in [-0.05, 0) is 35.9 Å². The Hall–Kier alpha value is -0.290. The zero-order chi connectivity index (χ0) is 12.3. The summed E-state index contributed by atoms with van der Waals surface area (Å²) in [4.78, 5) is 2.42. The highest BCUT2D eigenvalue weighted by Gasteiger charge is 2.02. The first-order valence-corrected chi connectivity index (χ1v) is 7.51. The summed E-state index contributed by atoms with van der Waals surface area (Å²) in [6.45, 7) is 0.558. The van der Waals surface area contributed by atoms with Crippen LogP contribution in [0, 0.1) is 0 Å². The van der Waals surface area contributed by atoms with E-state index in [4.69, 9.17) is 5.73 Å². The van der Waals surface area contributed by atoms with Crippen LogP contribution in [0.3, 0.4) is 0 Å². The standard InChI is InChI=1S/C13H11Br2NS/c14-10-2-1-3-11(6-10)17-12-5-4-9(8-16)13(15)7-12/h1-7H,8,16H2. The highest BCUT2D eigenvalue weighted by atomic mass is 79.9. The van der Waals surface area contributed by atoms with E-state index in [0.717, 1.165) is 14.5 Å². The molecule has 0 heterocycles. The summed E-state index contributed by atoms with van der Waals surface area (Å²) in [5.74, 6) is 0. The normalized spacial score (nSPS) is 10.5. The molecule has 0 saturated heterocycles. The second-order valence-corrected chi connectivity index (χ2v) is 6.43. The maximum absolute atomic E-state index is 5.63. The molecule has 4 heteroatoms. The zero-order valence-electron chi connectivity index (χ0n) is 8.99. The fourth-order valence-electron chi connectivity index (χ4n) is 1.42. The van der Waals surface area contributed by atoms with Crippen molar-refractivity contribution in [2.45, 2.75) is 16.3 Å². The van der Waals surface area contributed by atoms with Crippen molar-refractivity contribution in [3.63, 3.8) is 0 Å². The number of benzene rings is 2. The smallest absolute Gasteiger partial charge is 0.0231 e. The third-order valence-corrected chi connectivity index (χ3v) is 4.49. The molecule has 0 aliphatic heterocycles. The van der Waals surface area contributed by atoms with Gasteiger partial charge in [-0.2, -0.15) is 0 Å². The van der Waals surface area contributed by atoms with E-state index >= 15 is 0 Å². The first-order chi connectivity index (χ1) is 8.19. The van der Waals surface area contributed by atoms with Gasteiger partial charge >= 0.3 is 0 Å². The maximum Gasteiger partial charge on any atom is 0.0231 e. The summed E-state index contributed by atoms with van der Waals surface area (Å²) in [6, 6.07) is 14.5. The lowest BCUT2D eigenvalue weighted by Crippen LogP contribution is -1.96. The fraction of sp³-hybridized carbons (Fsp3) is 0.0769. The highest BCUT2D eigenvalue weighted by molar-refractivity contribution is 9.10. The Morgan fingerprint density at radius 1 is 1.00 bits per heavy atom. The second-order valence-electron chi connectivity index (χ2n) is 3.52. The third kappa shape index (κ3) is 3.58. The molecule has 0 unspecified atom stereocenters. The summed E-state index contributed by atoms with van der Waals surface area (Å²) < 4.78 is 2.17. The van der Waals surface area contributed by atoms with E-state index in [0.29, 0.717) is 6.54 Å². The van der Waals surface area contributed by atoms with Crippen molar-refractivity contribution < 1.29 is 0 Å². The topological polar surface area (TPSA) is 26.0 Å². The Morgan fingerprint density at radius 3 is 2.41 bits per heavy atom. The van der Waals surface area contributed by atoms with Gasteiger partial charge < -0.3 is 5.73 Å². The molecule has 0 aliphatic rings. The third-order valence-electron chi connectivity index (χ3n) is 2.28. The van der Waals surface area contributed by atoms with E-state index in [-0.39, 0.29) is 0 Å². The fourth-order valence-corrected chi connectivity index (χ4v) is 3.58. The Balaban J connectivity index is 2.22. The molecule has 0 aromatic heterocycles. The molecule has 0 aliphatic carbocycles. The average molecular weight is 373 g/mol. The van der Waals surface area contributed by atoms with E-state index < -0.39 is 0 Å². The molecule has 0 saturated carbocycles.